The molecule has 0 aromatic heterocycles. The fraction of sp³-hybridized carbons (Fsp3) is 0.417. The Hall–Kier alpha value is -1.35. The number of phenolic OH excluding ortho intramolecular Hbond substituents is 1. The number of nitrogens with zero attached hydrogens (tertiary/aromatic N) is 1. The van der Waals surface area contributed by atoms with E-state index in [1.165, 1.54) is 22.5 Å². The maximum absolute atomic E-state index is 12.5. The van der Waals surface area contributed by atoms with Crippen molar-refractivity contribution in [3.05, 3.63) is 18.2 Å². The van der Waals surface area contributed by atoms with E-state index in [0.29, 0.717) is 13.2 Å². The van der Waals surface area contributed by atoms with Crippen LogP contribution < -0.4 is 5.32 Å². The number of hydrogen-bond acceptors (Lipinski definition) is 5. The van der Waals surface area contributed by atoms with Gasteiger partial charge in [-0.2, -0.15) is 4.31 Å². The van der Waals surface area contributed by atoms with Gasteiger partial charge in [-0.1, -0.05) is 0 Å². The van der Waals surface area contributed by atoms with Gasteiger partial charge in [0.2, 0.25) is 15.9 Å². The molecule has 1 saturated heterocycles. The fourth-order valence-corrected chi connectivity index (χ4v) is 3.40. The first-order chi connectivity index (χ1) is 9.95. The first-order valence-corrected chi connectivity index (χ1v) is 8.19. The van der Waals surface area contributed by atoms with Crippen LogP contribution in [0.3, 0.4) is 0 Å². The Kier molecular flexibility index (Phi) is 5.04. The number of sulfonamides is 1. The number of hydrogen-bond donors (Lipinski definition) is 2. The Balaban J connectivity index is 2.30. The van der Waals surface area contributed by atoms with Crippen molar-refractivity contribution in [1.82, 2.24) is 4.31 Å². The summed E-state index contributed by atoms with van der Waals surface area (Å²) in [5.41, 5.74) is 0.00924. The van der Waals surface area contributed by atoms with Crippen molar-refractivity contribution >= 4 is 33.2 Å². The van der Waals surface area contributed by atoms with E-state index >= 15 is 0 Å². The number of aromatic hydroxyl groups is 1. The number of carbonyl (C=O) groups is 1. The molecule has 1 aromatic rings. The largest absolute Gasteiger partial charge is 0.506 e. The van der Waals surface area contributed by atoms with Gasteiger partial charge in [0, 0.05) is 13.1 Å². The van der Waals surface area contributed by atoms with Crippen LogP contribution in [-0.4, -0.2) is 55.9 Å². The number of nitrogens with one attached hydrogen (secondary N) is 1. The highest BCUT2D eigenvalue weighted by Crippen LogP contribution is 2.28. The molecule has 2 rings (SSSR count). The van der Waals surface area contributed by atoms with Gasteiger partial charge in [-0.3, -0.25) is 4.79 Å². The molecule has 21 heavy (non-hydrogen) atoms. The van der Waals surface area contributed by atoms with Crippen molar-refractivity contribution in [2.24, 2.45) is 0 Å². The average Bonchev–Trinajstić information content (AvgIpc) is 2.50. The second-order valence-corrected chi connectivity index (χ2v) is 6.58. The van der Waals surface area contributed by atoms with Crippen LogP contribution in [0.1, 0.15) is 0 Å². The monoisotopic (exact) mass is 334 g/mol. The van der Waals surface area contributed by atoms with Crippen LogP contribution in [-0.2, 0) is 19.6 Å². The van der Waals surface area contributed by atoms with Crippen molar-refractivity contribution in [3.63, 3.8) is 0 Å². The van der Waals surface area contributed by atoms with Gasteiger partial charge in [0.15, 0.2) is 0 Å². The molecule has 116 valence electrons. The topological polar surface area (TPSA) is 95.9 Å². The molecule has 1 amide bonds. The number of benzene rings is 1. The molecule has 0 saturated carbocycles. The lowest BCUT2D eigenvalue weighted by Crippen LogP contribution is -2.40. The van der Waals surface area contributed by atoms with Crippen LogP contribution >= 0.6 is 11.6 Å². The van der Waals surface area contributed by atoms with Gasteiger partial charge in [-0.15, -0.1) is 11.6 Å². The Morgan fingerprint density at radius 3 is 2.67 bits per heavy atom. The quantitative estimate of drug-likeness (QED) is 0.620. The highest BCUT2D eigenvalue weighted by atomic mass is 35.5. The molecule has 1 aliphatic heterocycles. The van der Waals surface area contributed by atoms with Crippen LogP contribution in [0.25, 0.3) is 0 Å². The minimum atomic E-state index is -3.69. The fourth-order valence-electron chi connectivity index (χ4n) is 1.90. The molecule has 2 N–H and O–H groups in total. The number of alkyl halides is 1. The summed E-state index contributed by atoms with van der Waals surface area (Å²) in [6, 6.07) is 3.72. The van der Waals surface area contributed by atoms with E-state index in [9.17, 15) is 18.3 Å². The summed E-state index contributed by atoms with van der Waals surface area (Å²) in [6.45, 7) is 1.22. The lowest BCUT2D eigenvalue weighted by Gasteiger charge is -2.26. The van der Waals surface area contributed by atoms with E-state index in [-0.39, 0.29) is 35.3 Å². The normalized spacial score (nSPS) is 16.6. The molecule has 9 heteroatoms. The third-order valence-corrected chi connectivity index (χ3v) is 5.11. The lowest BCUT2D eigenvalue weighted by molar-refractivity contribution is -0.113. The van der Waals surface area contributed by atoms with Crippen LogP contribution in [0.4, 0.5) is 5.69 Å². The zero-order valence-corrected chi connectivity index (χ0v) is 12.7. The lowest BCUT2D eigenvalue weighted by atomic mass is 10.3. The molecule has 1 aliphatic rings. The van der Waals surface area contributed by atoms with Gasteiger partial charge in [0.05, 0.1) is 23.8 Å². The smallest absolute Gasteiger partial charge is 0.243 e. The molecule has 0 aliphatic carbocycles. The summed E-state index contributed by atoms with van der Waals surface area (Å²) in [5, 5.41) is 12.0. The Morgan fingerprint density at radius 1 is 1.38 bits per heavy atom. The number of amides is 1. The molecular formula is C12H15ClN2O5S. The minimum Gasteiger partial charge on any atom is -0.506 e. The summed E-state index contributed by atoms with van der Waals surface area (Å²) in [5.74, 6) is -1.05. The zero-order valence-electron chi connectivity index (χ0n) is 11.1. The van der Waals surface area contributed by atoms with Crippen molar-refractivity contribution in [2.75, 3.05) is 37.5 Å². The van der Waals surface area contributed by atoms with Crippen molar-refractivity contribution in [2.45, 2.75) is 4.90 Å². The predicted molar refractivity (Wildman–Crippen MR) is 77.0 cm³/mol. The minimum absolute atomic E-state index is 0.00734. The van der Waals surface area contributed by atoms with Crippen molar-refractivity contribution in [1.29, 1.82) is 0 Å². The highest BCUT2D eigenvalue weighted by molar-refractivity contribution is 7.89. The summed E-state index contributed by atoms with van der Waals surface area (Å²) < 4.78 is 31.3. The first kappa shape index (κ1) is 16.0. The predicted octanol–water partition coefficient (Wildman–Crippen LogP) is 0.590. The van der Waals surface area contributed by atoms with Gasteiger partial charge >= 0.3 is 0 Å². The highest BCUT2D eigenvalue weighted by Gasteiger charge is 2.27. The molecule has 1 heterocycles. The molecule has 0 unspecified atom stereocenters. The number of rotatable bonds is 4. The SMILES string of the molecule is O=C(CCl)Nc1cc(S(=O)(=O)N2CCOCC2)ccc1O. The number of phenols is 1. The molecule has 0 spiro atoms. The summed E-state index contributed by atoms with van der Waals surface area (Å²) >= 11 is 5.37. The van der Waals surface area contributed by atoms with Crippen LogP contribution in [0, 0.1) is 0 Å². The number of anilines is 1. The number of ether oxygens (including phenoxy) is 1. The third-order valence-electron chi connectivity index (χ3n) is 2.97. The zero-order chi connectivity index (χ0) is 15.5. The Labute approximate surface area is 127 Å². The van der Waals surface area contributed by atoms with Crippen LogP contribution in [0.15, 0.2) is 23.1 Å². The van der Waals surface area contributed by atoms with E-state index in [1.54, 1.807) is 0 Å². The van der Waals surface area contributed by atoms with Crippen LogP contribution in [0.5, 0.6) is 5.75 Å². The Morgan fingerprint density at radius 2 is 2.05 bits per heavy atom. The van der Waals surface area contributed by atoms with Crippen molar-refractivity contribution < 1.29 is 23.1 Å². The average molecular weight is 335 g/mol. The number of morpholine rings is 1. The van der Waals surface area contributed by atoms with Crippen molar-refractivity contribution in [3.8, 4) is 5.75 Å². The molecule has 1 fully saturated rings. The molecule has 1 aromatic carbocycles. The Bertz CT molecular complexity index is 629. The van der Waals surface area contributed by atoms with Gasteiger partial charge in [0.25, 0.3) is 0 Å². The molecule has 0 radical (unpaired) electrons. The summed E-state index contributed by atoms with van der Waals surface area (Å²) in [7, 11) is -3.69. The standard InChI is InChI=1S/C12H15ClN2O5S/c13-8-12(17)14-10-7-9(1-2-11(10)16)21(18,19)15-3-5-20-6-4-15/h1-2,7,16H,3-6,8H2,(H,14,17). The molecule has 7 nitrogen and oxygen atoms in total. The summed E-state index contributed by atoms with van der Waals surface area (Å²) in [6.07, 6.45) is 0. The van der Waals surface area contributed by atoms with Gasteiger partial charge < -0.3 is 15.2 Å². The second-order valence-electron chi connectivity index (χ2n) is 4.38. The molecule has 0 atom stereocenters. The van der Waals surface area contributed by atoms with Gasteiger partial charge in [-0.25, -0.2) is 8.42 Å². The molecular weight excluding hydrogens is 320 g/mol. The van der Waals surface area contributed by atoms with Gasteiger partial charge in [-0.05, 0) is 18.2 Å². The van der Waals surface area contributed by atoms with E-state index in [2.05, 4.69) is 5.32 Å². The van der Waals surface area contributed by atoms with E-state index in [0.717, 1.165) is 0 Å². The number of halogens is 1. The second kappa shape index (κ2) is 6.61. The van der Waals surface area contributed by atoms with E-state index < -0.39 is 15.9 Å². The van der Waals surface area contributed by atoms with Crippen LogP contribution in [0.2, 0.25) is 0 Å². The third kappa shape index (κ3) is 3.65. The summed E-state index contributed by atoms with van der Waals surface area (Å²) in [4.78, 5) is 11.3. The first-order valence-electron chi connectivity index (χ1n) is 6.22. The van der Waals surface area contributed by atoms with Gasteiger partial charge in [0.1, 0.15) is 11.6 Å². The van der Waals surface area contributed by atoms with E-state index in [4.69, 9.17) is 16.3 Å². The number of carbonyl (C=O) groups excluding carboxylic acids is 1. The maximum atomic E-state index is 12.5. The molecule has 0 bridgehead atoms. The maximum Gasteiger partial charge on any atom is 0.243 e. The van der Waals surface area contributed by atoms with E-state index in [1.807, 2.05) is 0 Å².